The SMILES string of the molecule is Cc1cc(C)cc(CNCCS)c1.F[P-](F)(F)(F)(F)F. The molecule has 1 aromatic carbocycles. The molecule has 0 atom stereocenters. The molecule has 0 heterocycles. The van der Waals surface area contributed by atoms with E-state index < -0.39 is 7.81 Å². The maximum absolute atomic E-state index is 10.7. The normalized spacial score (nSPS) is 14.8. The zero-order valence-corrected chi connectivity index (χ0v) is 12.8. The zero-order chi connectivity index (χ0) is 16.1. The van der Waals surface area contributed by atoms with Crippen molar-refractivity contribution in [2.24, 2.45) is 0 Å². The van der Waals surface area contributed by atoms with Crippen molar-refractivity contribution < 1.29 is 25.2 Å². The molecule has 0 aliphatic carbocycles. The second-order valence-corrected chi connectivity index (χ2v) is 6.72. The Kier molecular flexibility index (Phi) is 5.97. The van der Waals surface area contributed by atoms with Crippen LogP contribution in [0, 0.1) is 13.8 Å². The number of rotatable bonds is 4. The molecular weight excluding hydrogens is 323 g/mol. The van der Waals surface area contributed by atoms with Crippen LogP contribution in [0.1, 0.15) is 16.7 Å². The molecule has 1 rings (SSSR count). The van der Waals surface area contributed by atoms with E-state index in [4.69, 9.17) is 0 Å². The number of aryl methyl sites for hydroxylation is 2. The van der Waals surface area contributed by atoms with Gasteiger partial charge in [-0.1, -0.05) is 29.3 Å². The molecule has 120 valence electrons. The van der Waals surface area contributed by atoms with E-state index in [0.29, 0.717) is 0 Å². The summed E-state index contributed by atoms with van der Waals surface area (Å²) in [6.07, 6.45) is 0. The van der Waals surface area contributed by atoms with Crippen molar-refractivity contribution in [1.29, 1.82) is 0 Å². The molecule has 0 amide bonds. The van der Waals surface area contributed by atoms with Crippen LogP contribution in [0.2, 0.25) is 0 Å². The van der Waals surface area contributed by atoms with Gasteiger partial charge in [-0.2, -0.15) is 12.6 Å². The molecule has 0 fully saturated rings. The molecule has 0 radical (unpaired) electrons. The molecule has 1 N–H and O–H groups in total. The topological polar surface area (TPSA) is 12.0 Å². The van der Waals surface area contributed by atoms with Gasteiger partial charge in [-0.3, -0.25) is 0 Å². The van der Waals surface area contributed by atoms with Gasteiger partial charge in [-0.15, -0.1) is 0 Å². The average molecular weight is 340 g/mol. The Morgan fingerprint density at radius 3 is 1.70 bits per heavy atom. The number of halogens is 6. The first-order chi connectivity index (χ1) is 8.67. The Labute approximate surface area is 119 Å². The fourth-order valence-electron chi connectivity index (χ4n) is 1.48. The van der Waals surface area contributed by atoms with E-state index in [-0.39, 0.29) is 0 Å². The van der Waals surface area contributed by atoms with E-state index in [1.807, 2.05) is 0 Å². The van der Waals surface area contributed by atoms with E-state index in [1.165, 1.54) is 16.7 Å². The van der Waals surface area contributed by atoms with Crippen molar-refractivity contribution >= 4 is 20.4 Å². The summed E-state index contributed by atoms with van der Waals surface area (Å²) < 4.78 is 59.2. The molecule has 0 saturated heterocycles. The minimum atomic E-state index is -10.7. The van der Waals surface area contributed by atoms with Gasteiger partial charge in [0, 0.05) is 18.8 Å². The van der Waals surface area contributed by atoms with Gasteiger partial charge in [0.25, 0.3) is 0 Å². The van der Waals surface area contributed by atoms with Crippen molar-refractivity contribution in [2.45, 2.75) is 20.4 Å². The minimum absolute atomic E-state index is 0.894. The van der Waals surface area contributed by atoms with Crippen molar-refractivity contribution in [3.8, 4) is 0 Å². The third-order valence-corrected chi connectivity index (χ3v) is 2.12. The van der Waals surface area contributed by atoms with Crippen LogP contribution >= 0.6 is 20.4 Å². The number of hydrogen-bond acceptors (Lipinski definition) is 2. The van der Waals surface area contributed by atoms with Crippen molar-refractivity contribution in [3.63, 3.8) is 0 Å². The summed E-state index contributed by atoms with van der Waals surface area (Å²) in [7, 11) is -10.7. The molecule has 1 aromatic rings. The third-order valence-electron chi connectivity index (χ3n) is 1.90. The molecule has 0 unspecified atom stereocenters. The summed E-state index contributed by atoms with van der Waals surface area (Å²) >= 11 is 4.15. The van der Waals surface area contributed by atoms with Crippen LogP contribution in [0.25, 0.3) is 0 Å². The van der Waals surface area contributed by atoms with Gasteiger partial charge in [-0.05, 0) is 19.4 Å². The molecule has 0 aliphatic rings. The molecule has 9 heteroatoms. The molecule has 0 saturated carbocycles. The molecule has 1 nitrogen and oxygen atoms in total. The van der Waals surface area contributed by atoms with E-state index in [2.05, 4.69) is 50.0 Å². The van der Waals surface area contributed by atoms with Gasteiger partial charge in [0.05, 0.1) is 0 Å². The summed E-state index contributed by atoms with van der Waals surface area (Å²) in [5, 5.41) is 3.33. The summed E-state index contributed by atoms with van der Waals surface area (Å²) in [4.78, 5) is 0. The van der Waals surface area contributed by atoms with Gasteiger partial charge in [0.1, 0.15) is 0 Å². The molecule has 0 bridgehead atoms. The van der Waals surface area contributed by atoms with E-state index in [0.717, 1.165) is 18.8 Å². The fraction of sp³-hybridized carbons (Fsp3) is 0.455. The predicted octanol–water partition coefficient (Wildman–Crippen LogP) is 5.71. The third kappa shape index (κ3) is 17.5. The predicted molar refractivity (Wildman–Crippen MR) is 75.0 cm³/mol. The standard InChI is InChI=1S/C11H17NS.F6P/c1-9-5-10(2)7-11(6-9)8-12-3-4-13;1-7(2,3,4,5)6/h5-7,12-13H,3-4,8H2,1-2H3;/q;-1. The molecule has 20 heavy (non-hydrogen) atoms. The van der Waals surface area contributed by atoms with Crippen LogP contribution in [-0.2, 0) is 6.54 Å². The first kappa shape index (κ1) is 19.5. The first-order valence-electron chi connectivity index (χ1n) is 5.62. The molecule has 0 aliphatic heterocycles. The summed E-state index contributed by atoms with van der Waals surface area (Å²) in [5.41, 5.74) is 4.03. The van der Waals surface area contributed by atoms with Gasteiger partial charge in [0.15, 0.2) is 0 Å². The molecule has 0 aromatic heterocycles. The average Bonchev–Trinajstić information content (AvgIpc) is 2.11. The van der Waals surface area contributed by atoms with Crippen molar-refractivity contribution in [3.05, 3.63) is 34.9 Å². The number of thiol groups is 1. The first-order valence-corrected chi connectivity index (χ1v) is 8.28. The van der Waals surface area contributed by atoms with E-state index in [1.54, 1.807) is 0 Å². The van der Waals surface area contributed by atoms with Crippen LogP contribution in [0.15, 0.2) is 18.2 Å². The van der Waals surface area contributed by atoms with Gasteiger partial charge < -0.3 is 5.32 Å². The number of benzene rings is 1. The fourth-order valence-corrected chi connectivity index (χ4v) is 1.64. The van der Waals surface area contributed by atoms with Gasteiger partial charge in [0.2, 0.25) is 0 Å². The second-order valence-electron chi connectivity index (χ2n) is 4.35. The second kappa shape index (κ2) is 6.12. The number of nitrogens with one attached hydrogen (secondary N) is 1. The Balaban J connectivity index is 0.000000441. The Hall–Kier alpha value is -0.460. The summed E-state index contributed by atoms with van der Waals surface area (Å²) in [6, 6.07) is 6.64. The van der Waals surface area contributed by atoms with Crippen LogP contribution in [0.5, 0.6) is 0 Å². The Morgan fingerprint density at radius 2 is 1.35 bits per heavy atom. The van der Waals surface area contributed by atoms with Crippen LogP contribution in [0.4, 0.5) is 25.2 Å². The zero-order valence-electron chi connectivity index (χ0n) is 11.0. The maximum atomic E-state index is 9.87. The Bertz CT molecular complexity index is 413. The molecule has 0 spiro atoms. The van der Waals surface area contributed by atoms with E-state index >= 15 is 0 Å². The van der Waals surface area contributed by atoms with Crippen LogP contribution in [0.3, 0.4) is 0 Å². The molecular formula is C11H17F6NPS-. The van der Waals surface area contributed by atoms with Crippen LogP contribution < -0.4 is 5.32 Å². The quantitative estimate of drug-likeness (QED) is 0.310. The van der Waals surface area contributed by atoms with Crippen LogP contribution in [-0.4, -0.2) is 12.3 Å². The summed E-state index contributed by atoms with van der Waals surface area (Å²) in [5.74, 6) is 0.894. The summed E-state index contributed by atoms with van der Waals surface area (Å²) in [6.45, 7) is 6.18. The van der Waals surface area contributed by atoms with Gasteiger partial charge in [-0.25, -0.2) is 0 Å². The Morgan fingerprint density at radius 1 is 0.950 bits per heavy atom. The number of hydrogen-bond donors (Lipinski definition) is 2. The van der Waals surface area contributed by atoms with Gasteiger partial charge >= 0.3 is 33.0 Å². The van der Waals surface area contributed by atoms with Crippen molar-refractivity contribution in [1.82, 2.24) is 5.32 Å². The van der Waals surface area contributed by atoms with E-state index in [9.17, 15) is 25.2 Å². The van der Waals surface area contributed by atoms with Crippen molar-refractivity contribution in [2.75, 3.05) is 12.3 Å². The monoisotopic (exact) mass is 340 g/mol.